The van der Waals surface area contributed by atoms with Crippen molar-refractivity contribution in [3.05, 3.63) is 58.6 Å². The topological polar surface area (TPSA) is 118 Å². The van der Waals surface area contributed by atoms with Gasteiger partial charge in [-0.1, -0.05) is 29.8 Å². The lowest BCUT2D eigenvalue weighted by Gasteiger charge is -2.08. The SMILES string of the molecule is Cc1ccc(NC(=O)C(=O)NCc2ccc(S(N)(=O)=O)cc2)cc1Cl. The molecule has 2 aromatic rings. The number of sulfonamides is 1. The molecule has 2 aromatic carbocycles. The molecule has 0 atom stereocenters. The van der Waals surface area contributed by atoms with Gasteiger partial charge in [0.05, 0.1) is 4.90 Å². The summed E-state index contributed by atoms with van der Waals surface area (Å²) in [6.45, 7) is 1.88. The van der Waals surface area contributed by atoms with E-state index in [-0.39, 0.29) is 11.4 Å². The van der Waals surface area contributed by atoms with E-state index in [1.165, 1.54) is 24.3 Å². The monoisotopic (exact) mass is 381 g/mol. The zero-order valence-corrected chi connectivity index (χ0v) is 14.8. The second-order valence-corrected chi connectivity index (χ2v) is 7.26. The van der Waals surface area contributed by atoms with E-state index in [1.807, 2.05) is 6.92 Å². The summed E-state index contributed by atoms with van der Waals surface area (Å²) in [5.41, 5.74) is 1.88. The minimum atomic E-state index is -3.77. The molecule has 0 radical (unpaired) electrons. The minimum absolute atomic E-state index is 0.0310. The first-order valence-electron chi connectivity index (χ1n) is 7.14. The van der Waals surface area contributed by atoms with E-state index in [4.69, 9.17) is 16.7 Å². The Balaban J connectivity index is 1.93. The third-order valence-electron chi connectivity index (χ3n) is 3.34. The highest BCUT2D eigenvalue weighted by Gasteiger charge is 2.14. The summed E-state index contributed by atoms with van der Waals surface area (Å²) in [6.07, 6.45) is 0. The molecule has 0 saturated heterocycles. The molecule has 2 amide bonds. The number of benzene rings is 2. The predicted octanol–water partition coefficient (Wildman–Crippen LogP) is 1.55. The van der Waals surface area contributed by atoms with E-state index in [0.29, 0.717) is 16.3 Å². The number of anilines is 1. The highest BCUT2D eigenvalue weighted by molar-refractivity contribution is 7.89. The molecule has 0 heterocycles. The standard InChI is InChI=1S/C16H16ClN3O4S/c1-10-2-5-12(8-14(10)17)20-16(22)15(21)19-9-11-3-6-13(7-4-11)25(18,23)24/h2-8H,9H2,1H3,(H,19,21)(H,20,22)(H2,18,23,24). The van der Waals surface area contributed by atoms with Crippen LogP contribution in [0.1, 0.15) is 11.1 Å². The van der Waals surface area contributed by atoms with Crippen LogP contribution in [0, 0.1) is 6.92 Å². The summed E-state index contributed by atoms with van der Waals surface area (Å²) in [4.78, 5) is 23.6. The van der Waals surface area contributed by atoms with Crippen molar-refractivity contribution in [2.75, 3.05) is 5.32 Å². The maximum atomic E-state index is 11.9. The van der Waals surface area contributed by atoms with E-state index in [2.05, 4.69) is 10.6 Å². The number of nitrogens with two attached hydrogens (primary N) is 1. The molecule has 7 nitrogen and oxygen atoms in total. The number of primary sulfonamides is 1. The lowest BCUT2D eigenvalue weighted by atomic mass is 10.2. The van der Waals surface area contributed by atoms with E-state index in [1.54, 1.807) is 18.2 Å². The Labute approximate surface area is 150 Å². The number of carbonyl (C=O) groups excluding carboxylic acids is 2. The van der Waals surface area contributed by atoms with Crippen LogP contribution < -0.4 is 15.8 Å². The van der Waals surface area contributed by atoms with Gasteiger partial charge in [0.25, 0.3) is 0 Å². The number of amides is 2. The average molecular weight is 382 g/mol. The first kappa shape index (κ1) is 18.9. The van der Waals surface area contributed by atoms with Crippen molar-refractivity contribution in [3.8, 4) is 0 Å². The summed E-state index contributed by atoms with van der Waals surface area (Å²) in [5.74, 6) is -1.66. The van der Waals surface area contributed by atoms with Gasteiger partial charge in [0.15, 0.2) is 0 Å². The molecule has 25 heavy (non-hydrogen) atoms. The van der Waals surface area contributed by atoms with Gasteiger partial charge in [-0.15, -0.1) is 0 Å². The van der Waals surface area contributed by atoms with Crippen molar-refractivity contribution in [3.63, 3.8) is 0 Å². The predicted molar refractivity (Wildman–Crippen MR) is 94.5 cm³/mol. The Morgan fingerprint density at radius 2 is 1.72 bits per heavy atom. The van der Waals surface area contributed by atoms with Gasteiger partial charge in [-0.2, -0.15) is 0 Å². The zero-order chi connectivity index (χ0) is 18.6. The maximum absolute atomic E-state index is 11.9. The highest BCUT2D eigenvalue weighted by atomic mass is 35.5. The number of nitrogens with one attached hydrogen (secondary N) is 2. The number of rotatable bonds is 4. The second kappa shape index (κ2) is 7.64. The van der Waals surface area contributed by atoms with Crippen molar-refractivity contribution in [1.82, 2.24) is 5.32 Å². The van der Waals surface area contributed by atoms with Crippen LogP contribution in [-0.4, -0.2) is 20.2 Å². The van der Waals surface area contributed by atoms with Gasteiger partial charge in [0.2, 0.25) is 10.0 Å². The molecule has 0 aliphatic heterocycles. The molecule has 0 unspecified atom stereocenters. The molecule has 132 valence electrons. The third-order valence-corrected chi connectivity index (χ3v) is 4.68. The number of hydrogen-bond acceptors (Lipinski definition) is 4. The molecule has 9 heteroatoms. The molecular weight excluding hydrogens is 366 g/mol. The van der Waals surface area contributed by atoms with Gasteiger partial charge in [-0.25, -0.2) is 13.6 Å². The van der Waals surface area contributed by atoms with Gasteiger partial charge < -0.3 is 10.6 Å². The summed E-state index contributed by atoms with van der Waals surface area (Å²) >= 11 is 5.96. The van der Waals surface area contributed by atoms with Crippen molar-refractivity contribution < 1.29 is 18.0 Å². The summed E-state index contributed by atoms with van der Waals surface area (Å²) in [7, 11) is -3.77. The molecule has 0 spiro atoms. The van der Waals surface area contributed by atoms with Gasteiger partial charge in [0, 0.05) is 17.3 Å². The first-order valence-corrected chi connectivity index (χ1v) is 9.06. The van der Waals surface area contributed by atoms with Gasteiger partial charge >= 0.3 is 11.8 Å². The molecule has 4 N–H and O–H groups in total. The van der Waals surface area contributed by atoms with Crippen LogP contribution in [0.25, 0.3) is 0 Å². The average Bonchev–Trinajstić information content (AvgIpc) is 2.55. The largest absolute Gasteiger partial charge is 0.344 e. The number of halogens is 1. The Morgan fingerprint density at radius 3 is 2.28 bits per heavy atom. The van der Waals surface area contributed by atoms with Crippen molar-refractivity contribution in [1.29, 1.82) is 0 Å². The minimum Gasteiger partial charge on any atom is -0.344 e. The van der Waals surface area contributed by atoms with Crippen LogP contribution in [0.4, 0.5) is 5.69 Å². The van der Waals surface area contributed by atoms with Gasteiger partial charge in [-0.3, -0.25) is 9.59 Å². The van der Waals surface area contributed by atoms with E-state index >= 15 is 0 Å². The van der Waals surface area contributed by atoms with Crippen LogP contribution in [0.5, 0.6) is 0 Å². The van der Waals surface area contributed by atoms with Crippen LogP contribution in [0.3, 0.4) is 0 Å². The molecule has 0 aromatic heterocycles. The fourth-order valence-corrected chi connectivity index (χ4v) is 2.61. The Hall–Kier alpha value is -2.42. The smallest absolute Gasteiger partial charge is 0.313 e. The number of hydrogen-bond donors (Lipinski definition) is 3. The van der Waals surface area contributed by atoms with Crippen molar-refractivity contribution in [2.24, 2.45) is 5.14 Å². The summed E-state index contributed by atoms with van der Waals surface area (Å²) in [6, 6.07) is 10.6. The molecule has 0 aliphatic carbocycles. The van der Waals surface area contributed by atoms with Crippen LogP contribution >= 0.6 is 11.6 Å². The van der Waals surface area contributed by atoms with Crippen LogP contribution in [0.2, 0.25) is 5.02 Å². The van der Waals surface area contributed by atoms with Crippen molar-refractivity contribution >= 4 is 39.1 Å². The molecule has 2 rings (SSSR count). The van der Waals surface area contributed by atoms with Gasteiger partial charge in [0.1, 0.15) is 0 Å². The van der Waals surface area contributed by atoms with E-state index in [9.17, 15) is 18.0 Å². The highest BCUT2D eigenvalue weighted by Crippen LogP contribution is 2.19. The quantitative estimate of drug-likeness (QED) is 0.696. The first-order chi connectivity index (χ1) is 11.7. The van der Waals surface area contributed by atoms with Crippen LogP contribution in [0.15, 0.2) is 47.4 Å². The number of carbonyl (C=O) groups is 2. The van der Waals surface area contributed by atoms with Crippen LogP contribution in [-0.2, 0) is 26.2 Å². The normalized spacial score (nSPS) is 11.0. The molecule has 0 bridgehead atoms. The lowest BCUT2D eigenvalue weighted by Crippen LogP contribution is -2.34. The maximum Gasteiger partial charge on any atom is 0.313 e. The van der Waals surface area contributed by atoms with Crippen molar-refractivity contribution in [2.45, 2.75) is 18.4 Å². The Morgan fingerprint density at radius 1 is 1.08 bits per heavy atom. The fraction of sp³-hybridized carbons (Fsp3) is 0.125. The summed E-state index contributed by atoms with van der Waals surface area (Å²) < 4.78 is 22.3. The second-order valence-electron chi connectivity index (χ2n) is 5.29. The Kier molecular flexibility index (Phi) is 5.78. The fourth-order valence-electron chi connectivity index (χ4n) is 1.92. The molecule has 0 saturated carbocycles. The lowest BCUT2D eigenvalue weighted by molar-refractivity contribution is -0.136. The zero-order valence-electron chi connectivity index (χ0n) is 13.2. The van der Waals surface area contributed by atoms with E-state index < -0.39 is 21.8 Å². The molecule has 0 fully saturated rings. The third kappa shape index (κ3) is 5.28. The molecular formula is C16H16ClN3O4S. The number of aryl methyl sites for hydroxylation is 1. The molecule has 0 aliphatic rings. The summed E-state index contributed by atoms with van der Waals surface area (Å²) in [5, 5.41) is 10.4. The van der Waals surface area contributed by atoms with E-state index in [0.717, 1.165) is 5.56 Å². The van der Waals surface area contributed by atoms with Gasteiger partial charge in [-0.05, 0) is 42.3 Å². The Bertz CT molecular complexity index is 911.